The molecule has 2 N–H and O–H groups in total. The molecule has 110 valence electrons. The normalized spacial score (nSPS) is 11.0. The molecule has 0 unspecified atom stereocenters. The Labute approximate surface area is 126 Å². The largest absolute Gasteiger partial charge is 0.306 e. The van der Waals surface area contributed by atoms with Gasteiger partial charge in [-0.15, -0.1) is 0 Å². The lowest BCUT2D eigenvalue weighted by Crippen LogP contribution is -2.10. The quantitative estimate of drug-likeness (QED) is 0.566. The van der Waals surface area contributed by atoms with Gasteiger partial charge in [0.2, 0.25) is 5.95 Å². The van der Waals surface area contributed by atoms with Gasteiger partial charge < -0.3 is 4.57 Å². The lowest BCUT2D eigenvalue weighted by Gasteiger charge is -2.02. The van der Waals surface area contributed by atoms with Crippen LogP contribution in [-0.4, -0.2) is 25.7 Å². The van der Waals surface area contributed by atoms with E-state index in [0.29, 0.717) is 11.6 Å². The van der Waals surface area contributed by atoms with E-state index in [4.69, 9.17) is 0 Å². The van der Waals surface area contributed by atoms with Gasteiger partial charge in [-0.1, -0.05) is 12.1 Å². The third-order valence-corrected chi connectivity index (χ3v) is 2.95. The van der Waals surface area contributed by atoms with Crippen molar-refractivity contribution in [3.05, 3.63) is 70.7 Å². The third-order valence-electron chi connectivity index (χ3n) is 2.95. The summed E-state index contributed by atoms with van der Waals surface area (Å²) < 4.78 is 1.92. The van der Waals surface area contributed by atoms with Crippen LogP contribution in [0.15, 0.2) is 58.9 Å². The molecule has 3 rings (SSSR count). The maximum atomic E-state index is 11.3. The molecule has 2 aromatic heterocycles. The summed E-state index contributed by atoms with van der Waals surface area (Å²) in [5.74, 6) is 0.316. The van der Waals surface area contributed by atoms with Crippen molar-refractivity contribution in [3.8, 4) is 5.69 Å². The number of H-pyrrole nitrogens is 1. The van der Waals surface area contributed by atoms with Crippen molar-refractivity contribution >= 4 is 12.2 Å². The molecule has 7 nitrogen and oxygen atoms in total. The van der Waals surface area contributed by atoms with Crippen molar-refractivity contribution in [2.75, 3.05) is 5.43 Å². The summed E-state index contributed by atoms with van der Waals surface area (Å²) in [5.41, 5.74) is 5.07. The van der Waals surface area contributed by atoms with Gasteiger partial charge >= 0.3 is 0 Å². The predicted molar refractivity (Wildman–Crippen MR) is 84.4 cm³/mol. The fraction of sp³-hybridized carbons (Fsp3) is 0.0667. The molecule has 0 amide bonds. The maximum Gasteiger partial charge on any atom is 0.252 e. The summed E-state index contributed by atoms with van der Waals surface area (Å²) in [6.07, 6.45) is 7.00. The Kier molecular flexibility index (Phi) is 3.78. The lowest BCUT2D eigenvalue weighted by molar-refractivity contribution is 1.04. The molecule has 0 aliphatic heterocycles. The zero-order chi connectivity index (χ0) is 15.4. The minimum atomic E-state index is -0.213. The molecule has 0 aliphatic carbocycles. The van der Waals surface area contributed by atoms with Gasteiger partial charge in [0.05, 0.1) is 12.5 Å². The van der Waals surface area contributed by atoms with Gasteiger partial charge in [0.25, 0.3) is 5.56 Å². The maximum absolute atomic E-state index is 11.3. The zero-order valence-corrected chi connectivity index (χ0v) is 11.9. The molecule has 0 fully saturated rings. The minimum Gasteiger partial charge on any atom is -0.306 e. The highest BCUT2D eigenvalue weighted by molar-refractivity contribution is 5.80. The van der Waals surface area contributed by atoms with Crippen molar-refractivity contribution in [1.82, 2.24) is 19.5 Å². The van der Waals surface area contributed by atoms with Crippen molar-refractivity contribution in [2.24, 2.45) is 5.10 Å². The Morgan fingerprint density at radius 2 is 2.14 bits per heavy atom. The topological polar surface area (TPSA) is 88.0 Å². The van der Waals surface area contributed by atoms with E-state index in [-0.39, 0.29) is 5.56 Å². The molecule has 22 heavy (non-hydrogen) atoms. The van der Waals surface area contributed by atoms with Crippen LogP contribution in [0.1, 0.15) is 11.3 Å². The van der Waals surface area contributed by atoms with E-state index >= 15 is 0 Å². The van der Waals surface area contributed by atoms with Gasteiger partial charge in [-0.3, -0.25) is 9.78 Å². The third kappa shape index (κ3) is 3.26. The van der Waals surface area contributed by atoms with Crippen molar-refractivity contribution in [3.63, 3.8) is 0 Å². The van der Waals surface area contributed by atoms with Crippen LogP contribution in [0.2, 0.25) is 0 Å². The Balaban J connectivity index is 1.69. The summed E-state index contributed by atoms with van der Waals surface area (Å²) in [4.78, 5) is 22.0. The first-order valence-electron chi connectivity index (χ1n) is 6.66. The Hall–Kier alpha value is -3.22. The number of aryl methyl sites for hydroxylation is 1. The molecule has 0 bridgehead atoms. The molecular formula is C15H14N6O. The second-order valence-corrected chi connectivity index (χ2v) is 4.67. The number of rotatable bonds is 4. The number of imidazole rings is 1. The number of benzene rings is 1. The summed E-state index contributed by atoms with van der Waals surface area (Å²) in [7, 11) is 0. The highest BCUT2D eigenvalue weighted by atomic mass is 16.1. The number of aromatic amines is 1. The molecule has 3 aromatic rings. The van der Waals surface area contributed by atoms with Gasteiger partial charge in [-0.05, 0) is 24.6 Å². The van der Waals surface area contributed by atoms with Crippen LogP contribution in [-0.2, 0) is 0 Å². The standard InChI is InChI=1S/C15H14N6O/c1-11-8-14(22)19-15(18-11)20-17-9-12-2-4-13(5-3-12)21-7-6-16-10-21/h2-10H,1H3,(H2,18,19,20,22)/b17-9+. The lowest BCUT2D eigenvalue weighted by atomic mass is 10.2. The number of nitrogens with one attached hydrogen (secondary N) is 2. The smallest absolute Gasteiger partial charge is 0.252 e. The van der Waals surface area contributed by atoms with E-state index < -0.39 is 0 Å². The highest BCUT2D eigenvalue weighted by Crippen LogP contribution is 2.08. The van der Waals surface area contributed by atoms with E-state index in [9.17, 15) is 4.79 Å². The van der Waals surface area contributed by atoms with E-state index in [1.807, 2.05) is 35.0 Å². The van der Waals surface area contributed by atoms with E-state index in [0.717, 1.165) is 11.3 Å². The fourth-order valence-electron chi connectivity index (χ4n) is 1.94. The SMILES string of the molecule is Cc1cc(=O)[nH]c(N/N=C/c2ccc(-n3ccnc3)cc2)n1. The second-order valence-electron chi connectivity index (χ2n) is 4.67. The predicted octanol–water partition coefficient (Wildman–Crippen LogP) is 1.71. The average Bonchev–Trinajstić information content (AvgIpc) is 3.01. The van der Waals surface area contributed by atoms with Crippen LogP contribution in [0, 0.1) is 6.92 Å². The first-order chi connectivity index (χ1) is 10.7. The number of hydrogen-bond donors (Lipinski definition) is 2. The molecule has 0 radical (unpaired) electrons. The molecule has 1 aromatic carbocycles. The average molecular weight is 294 g/mol. The molecule has 0 spiro atoms. The molecule has 0 atom stereocenters. The number of nitrogens with zero attached hydrogens (tertiary/aromatic N) is 4. The van der Waals surface area contributed by atoms with Crippen LogP contribution in [0.4, 0.5) is 5.95 Å². The molecular weight excluding hydrogens is 280 g/mol. The van der Waals surface area contributed by atoms with E-state index in [2.05, 4.69) is 25.5 Å². The number of anilines is 1. The van der Waals surface area contributed by atoms with Gasteiger partial charge in [-0.25, -0.2) is 15.4 Å². The monoisotopic (exact) mass is 294 g/mol. The van der Waals surface area contributed by atoms with E-state index in [1.54, 1.807) is 25.7 Å². The van der Waals surface area contributed by atoms with Gasteiger partial charge in [0, 0.05) is 29.8 Å². The Morgan fingerprint density at radius 3 is 2.82 bits per heavy atom. The molecule has 0 aliphatic rings. The summed E-state index contributed by atoms with van der Waals surface area (Å²) in [5, 5.41) is 4.06. The fourth-order valence-corrected chi connectivity index (χ4v) is 1.94. The van der Waals surface area contributed by atoms with Crippen LogP contribution in [0.5, 0.6) is 0 Å². The van der Waals surface area contributed by atoms with Gasteiger partial charge in [-0.2, -0.15) is 5.10 Å². The number of hydrazone groups is 1. The molecule has 2 heterocycles. The van der Waals surface area contributed by atoms with Crippen LogP contribution in [0.3, 0.4) is 0 Å². The molecule has 0 saturated heterocycles. The van der Waals surface area contributed by atoms with Crippen LogP contribution in [0.25, 0.3) is 5.69 Å². The van der Waals surface area contributed by atoms with Crippen LogP contribution < -0.4 is 11.0 Å². The summed E-state index contributed by atoms with van der Waals surface area (Å²) in [6, 6.07) is 9.23. The second kappa shape index (κ2) is 6.04. The molecule has 7 heteroatoms. The number of hydrogen-bond acceptors (Lipinski definition) is 5. The first-order valence-corrected chi connectivity index (χ1v) is 6.66. The van der Waals surface area contributed by atoms with Gasteiger partial charge in [0.1, 0.15) is 0 Å². The summed E-state index contributed by atoms with van der Waals surface area (Å²) >= 11 is 0. The van der Waals surface area contributed by atoms with Crippen molar-refractivity contribution in [2.45, 2.75) is 6.92 Å². The van der Waals surface area contributed by atoms with E-state index in [1.165, 1.54) is 6.07 Å². The first kappa shape index (κ1) is 13.7. The zero-order valence-electron chi connectivity index (χ0n) is 11.9. The Morgan fingerprint density at radius 1 is 1.32 bits per heavy atom. The minimum absolute atomic E-state index is 0.213. The summed E-state index contributed by atoms with van der Waals surface area (Å²) in [6.45, 7) is 1.75. The highest BCUT2D eigenvalue weighted by Gasteiger charge is 1.96. The molecule has 0 saturated carbocycles. The van der Waals surface area contributed by atoms with Crippen molar-refractivity contribution in [1.29, 1.82) is 0 Å². The van der Waals surface area contributed by atoms with Crippen molar-refractivity contribution < 1.29 is 0 Å². The van der Waals surface area contributed by atoms with Gasteiger partial charge in [0.15, 0.2) is 0 Å². The number of aromatic nitrogens is 4. The van der Waals surface area contributed by atoms with Crippen LogP contribution >= 0.6 is 0 Å². The Bertz CT molecular complexity index is 833.